The molecule has 178 valence electrons. The van der Waals surface area contributed by atoms with E-state index in [9.17, 15) is 13.2 Å². The average Bonchev–Trinajstić information content (AvgIpc) is 3.41. The van der Waals surface area contributed by atoms with Gasteiger partial charge < -0.3 is 14.2 Å². The Bertz CT molecular complexity index is 1170. The molecule has 0 saturated heterocycles. The number of aryl methyl sites for hydroxylation is 1. The molecule has 1 amide bonds. The number of carbonyl (C=O) groups excluding carboxylic acids is 1. The highest BCUT2D eigenvalue weighted by Gasteiger charge is 2.26. The van der Waals surface area contributed by atoms with Gasteiger partial charge in [0.15, 0.2) is 0 Å². The van der Waals surface area contributed by atoms with Gasteiger partial charge in [0.1, 0.15) is 0 Å². The van der Waals surface area contributed by atoms with Gasteiger partial charge in [0, 0.05) is 20.2 Å². The van der Waals surface area contributed by atoms with E-state index < -0.39 is 9.84 Å². The van der Waals surface area contributed by atoms with E-state index in [1.54, 1.807) is 28.8 Å². The third-order valence-corrected chi connectivity index (χ3v) is 7.56. The van der Waals surface area contributed by atoms with Crippen LogP contribution in [0.2, 0.25) is 0 Å². The Balaban J connectivity index is 1.94. The molecule has 0 N–H and O–H groups in total. The Morgan fingerprint density at radius 1 is 1.24 bits per heavy atom. The van der Waals surface area contributed by atoms with E-state index in [2.05, 4.69) is 4.98 Å². The molecule has 0 unspecified atom stereocenters. The van der Waals surface area contributed by atoms with Crippen LogP contribution in [0.25, 0.3) is 0 Å². The minimum atomic E-state index is -3.68. The number of methoxy groups -OCH3 is 1. The zero-order valence-electron chi connectivity index (χ0n) is 19.5. The molecule has 7 nitrogen and oxygen atoms in total. The van der Waals surface area contributed by atoms with Crippen molar-refractivity contribution in [2.24, 2.45) is 5.92 Å². The Hall–Kier alpha value is -2.49. The molecule has 0 fully saturated rings. The zero-order chi connectivity index (χ0) is 24.0. The lowest BCUT2D eigenvalue weighted by Crippen LogP contribution is -2.34. The first-order chi connectivity index (χ1) is 15.7. The van der Waals surface area contributed by atoms with Crippen molar-refractivity contribution in [3.63, 3.8) is 0 Å². The fraction of sp³-hybridized carbons (Fsp3) is 0.417. The lowest BCUT2D eigenvalue weighted by atomic mass is 10.2. The van der Waals surface area contributed by atoms with Crippen molar-refractivity contribution in [2.75, 3.05) is 20.3 Å². The minimum absolute atomic E-state index is 0.0444. The number of hydrogen-bond acceptors (Lipinski definition) is 6. The quantitative estimate of drug-likeness (QED) is 0.404. The van der Waals surface area contributed by atoms with Crippen LogP contribution in [-0.4, -0.2) is 49.0 Å². The van der Waals surface area contributed by atoms with Crippen LogP contribution < -0.4 is 0 Å². The van der Waals surface area contributed by atoms with Gasteiger partial charge in [-0.15, -0.1) is 11.3 Å². The fourth-order valence-corrected chi connectivity index (χ4v) is 5.80. The number of imidazole rings is 1. The predicted octanol–water partition coefficient (Wildman–Crippen LogP) is 4.17. The smallest absolute Gasteiger partial charge is 0.264 e. The lowest BCUT2D eigenvalue weighted by Gasteiger charge is -2.23. The van der Waals surface area contributed by atoms with Crippen molar-refractivity contribution in [3.05, 3.63) is 69.7 Å². The van der Waals surface area contributed by atoms with E-state index in [-0.39, 0.29) is 29.3 Å². The molecule has 1 aromatic carbocycles. The number of amides is 1. The normalized spacial score (nSPS) is 11.8. The molecule has 0 bridgehead atoms. The maximum absolute atomic E-state index is 13.3. The number of benzene rings is 1. The zero-order valence-corrected chi connectivity index (χ0v) is 21.2. The largest absolute Gasteiger partial charge is 0.383 e. The molecule has 0 atom stereocenters. The van der Waals surface area contributed by atoms with Crippen molar-refractivity contribution >= 4 is 27.1 Å². The van der Waals surface area contributed by atoms with E-state index in [1.165, 1.54) is 11.3 Å². The predicted molar refractivity (Wildman–Crippen MR) is 130 cm³/mol. The van der Waals surface area contributed by atoms with Crippen LogP contribution in [0, 0.1) is 12.8 Å². The molecule has 33 heavy (non-hydrogen) atoms. The summed E-state index contributed by atoms with van der Waals surface area (Å²) in [5.74, 6) is -0.0279. The number of ether oxygens (including phenoxy) is 1. The number of sulfone groups is 1. The second-order valence-electron chi connectivity index (χ2n) is 8.48. The highest BCUT2D eigenvalue weighted by molar-refractivity contribution is 7.90. The van der Waals surface area contributed by atoms with Crippen molar-refractivity contribution in [1.82, 2.24) is 14.5 Å². The second-order valence-corrected chi connectivity index (χ2v) is 11.3. The maximum Gasteiger partial charge on any atom is 0.264 e. The van der Waals surface area contributed by atoms with Gasteiger partial charge in [0.05, 0.1) is 35.7 Å². The topological polar surface area (TPSA) is 81.5 Å². The number of aromatic nitrogens is 2. The Morgan fingerprint density at radius 3 is 2.67 bits per heavy atom. The van der Waals surface area contributed by atoms with Gasteiger partial charge in [-0.2, -0.15) is 0 Å². The van der Waals surface area contributed by atoms with Crippen LogP contribution in [0.5, 0.6) is 0 Å². The van der Waals surface area contributed by atoms with Crippen LogP contribution in [0.3, 0.4) is 0 Å². The van der Waals surface area contributed by atoms with Gasteiger partial charge >= 0.3 is 0 Å². The van der Waals surface area contributed by atoms with E-state index in [4.69, 9.17) is 4.74 Å². The van der Waals surface area contributed by atoms with E-state index in [0.717, 1.165) is 11.1 Å². The van der Waals surface area contributed by atoms with Crippen LogP contribution >= 0.6 is 11.3 Å². The molecule has 0 spiro atoms. The number of hydrogen-bond donors (Lipinski definition) is 0. The summed E-state index contributed by atoms with van der Waals surface area (Å²) in [6.45, 7) is 7.51. The molecule has 0 radical (unpaired) electrons. The minimum Gasteiger partial charge on any atom is -0.383 e. The molecule has 2 aromatic heterocycles. The molecule has 0 aliphatic rings. The summed E-state index contributed by atoms with van der Waals surface area (Å²) in [7, 11) is -2.09. The van der Waals surface area contributed by atoms with Crippen molar-refractivity contribution < 1.29 is 17.9 Å². The number of thiophene rings is 1. The lowest BCUT2D eigenvalue weighted by molar-refractivity contribution is 0.0680. The number of rotatable bonds is 11. The first-order valence-corrected chi connectivity index (χ1v) is 13.4. The Labute approximate surface area is 199 Å². The first kappa shape index (κ1) is 25.1. The SMILES string of the molecule is COCCN(Cc1cnc(S(=O)(=O)Cc2cccc(C)c2)n1CC(C)C)C(=O)c1cccs1. The maximum atomic E-state index is 13.3. The van der Waals surface area contributed by atoms with Crippen LogP contribution in [0.4, 0.5) is 0 Å². The monoisotopic (exact) mass is 489 g/mol. The van der Waals surface area contributed by atoms with Crippen LogP contribution in [0.15, 0.2) is 53.1 Å². The highest BCUT2D eigenvalue weighted by atomic mass is 32.2. The molecule has 0 saturated carbocycles. The van der Waals surface area contributed by atoms with Crippen LogP contribution in [0.1, 0.15) is 40.3 Å². The van der Waals surface area contributed by atoms with Crippen molar-refractivity contribution in [2.45, 2.75) is 44.8 Å². The van der Waals surface area contributed by atoms with E-state index in [0.29, 0.717) is 30.3 Å². The van der Waals surface area contributed by atoms with Gasteiger partial charge in [-0.3, -0.25) is 4.79 Å². The molecule has 2 heterocycles. The standard InChI is InChI=1S/C24H31N3O4S2/c1-18(2)15-27-21(16-26(10-11-31-4)23(28)22-9-6-12-32-22)14-25-24(27)33(29,30)17-20-8-5-7-19(3)13-20/h5-9,12-14,18H,10-11,15-17H2,1-4H3. The van der Waals surface area contributed by atoms with Gasteiger partial charge in [-0.05, 0) is 29.9 Å². The summed E-state index contributed by atoms with van der Waals surface area (Å²) in [5, 5.41) is 1.91. The third kappa shape index (κ3) is 6.52. The molecule has 3 rings (SSSR count). The molecular formula is C24H31N3O4S2. The van der Waals surface area contributed by atoms with Gasteiger partial charge in [0.25, 0.3) is 5.91 Å². The summed E-state index contributed by atoms with van der Waals surface area (Å²) < 4.78 is 33.6. The average molecular weight is 490 g/mol. The fourth-order valence-electron chi connectivity index (χ4n) is 3.62. The van der Waals surface area contributed by atoms with Gasteiger partial charge in [-0.1, -0.05) is 49.7 Å². The molecule has 9 heteroatoms. The summed E-state index contributed by atoms with van der Waals surface area (Å²) in [6, 6.07) is 11.1. The van der Waals surface area contributed by atoms with E-state index >= 15 is 0 Å². The van der Waals surface area contributed by atoms with Crippen molar-refractivity contribution in [1.29, 1.82) is 0 Å². The van der Waals surface area contributed by atoms with Crippen molar-refractivity contribution in [3.8, 4) is 0 Å². The summed E-state index contributed by atoms with van der Waals surface area (Å²) in [5.41, 5.74) is 2.42. The molecule has 0 aliphatic heterocycles. The third-order valence-electron chi connectivity index (χ3n) is 5.10. The summed E-state index contributed by atoms with van der Waals surface area (Å²) in [4.78, 5) is 19.7. The molecular weight excluding hydrogens is 458 g/mol. The summed E-state index contributed by atoms with van der Waals surface area (Å²) in [6.07, 6.45) is 1.58. The van der Waals surface area contributed by atoms with Crippen LogP contribution in [-0.2, 0) is 33.4 Å². The number of carbonyl (C=O) groups is 1. The summed E-state index contributed by atoms with van der Waals surface area (Å²) >= 11 is 1.38. The van der Waals surface area contributed by atoms with Gasteiger partial charge in [0.2, 0.25) is 15.0 Å². The first-order valence-electron chi connectivity index (χ1n) is 10.9. The number of nitrogens with zero attached hydrogens (tertiary/aromatic N) is 3. The van der Waals surface area contributed by atoms with E-state index in [1.807, 2.05) is 56.5 Å². The second kappa shape index (κ2) is 11.1. The molecule has 3 aromatic rings. The highest BCUT2D eigenvalue weighted by Crippen LogP contribution is 2.22. The molecule has 0 aliphatic carbocycles. The van der Waals surface area contributed by atoms with Gasteiger partial charge in [-0.25, -0.2) is 13.4 Å². The Kier molecular flexibility index (Phi) is 8.45. The Morgan fingerprint density at radius 2 is 2.03 bits per heavy atom.